The van der Waals surface area contributed by atoms with Crippen molar-refractivity contribution < 1.29 is 0 Å². The lowest BCUT2D eigenvalue weighted by molar-refractivity contribution is 0.0131. The molecule has 3 unspecified atom stereocenters. The Morgan fingerprint density at radius 2 is 1.59 bits per heavy atom. The van der Waals surface area contributed by atoms with Gasteiger partial charge < -0.3 is 9.80 Å². The van der Waals surface area contributed by atoms with Crippen LogP contribution in [0.1, 0.15) is 38.5 Å². The molecule has 4 nitrogen and oxygen atoms in total. The quantitative estimate of drug-likeness (QED) is 0.780. The summed E-state index contributed by atoms with van der Waals surface area (Å²) in [6, 6.07) is 2.53. The number of hydrogen-bond donors (Lipinski definition) is 0. The van der Waals surface area contributed by atoms with Crippen molar-refractivity contribution in [1.29, 1.82) is 0 Å². The summed E-state index contributed by atoms with van der Waals surface area (Å²) >= 11 is 0. The molecule has 4 heteroatoms. The van der Waals surface area contributed by atoms with Gasteiger partial charge in [-0.25, -0.2) is 0 Å². The monoisotopic (exact) mass is 306 g/mol. The van der Waals surface area contributed by atoms with E-state index in [-0.39, 0.29) is 0 Å². The van der Waals surface area contributed by atoms with Crippen LogP contribution in [0.25, 0.3) is 0 Å². The van der Waals surface area contributed by atoms with E-state index in [0.717, 1.165) is 18.1 Å². The van der Waals surface area contributed by atoms with Gasteiger partial charge in [0.1, 0.15) is 0 Å². The molecule has 0 amide bonds. The second-order valence-corrected chi connectivity index (χ2v) is 8.16. The molecular weight excluding hydrogens is 272 g/mol. The van der Waals surface area contributed by atoms with E-state index in [9.17, 15) is 0 Å². The van der Waals surface area contributed by atoms with Crippen molar-refractivity contribution in [2.24, 2.45) is 0 Å². The molecule has 0 aromatic carbocycles. The van der Waals surface area contributed by atoms with E-state index in [4.69, 9.17) is 0 Å². The Morgan fingerprint density at radius 3 is 2.55 bits per heavy atom. The van der Waals surface area contributed by atoms with E-state index < -0.39 is 0 Å². The third-order valence-electron chi connectivity index (χ3n) is 6.77. The highest BCUT2D eigenvalue weighted by Crippen LogP contribution is 2.25. The first kappa shape index (κ1) is 15.4. The summed E-state index contributed by atoms with van der Waals surface area (Å²) < 4.78 is 0. The molecule has 4 rings (SSSR count). The van der Waals surface area contributed by atoms with Crippen molar-refractivity contribution in [3.8, 4) is 0 Å². The molecule has 0 bridgehead atoms. The average molecular weight is 306 g/mol. The molecule has 0 spiro atoms. The predicted octanol–water partition coefficient (Wildman–Crippen LogP) is 1.33. The Bertz CT molecular complexity index is 374. The van der Waals surface area contributed by atoms with Crippen LogP contribution in [0.4, 0.5) is 0 Å². The molecular formula is C18H34N4. The molecule has 0 saturated carbocycles. The lowest BCUT2D eigenvalue weighted by Gasteiger charge is -2.48. The van der Waals surface area contributed by atoms with Gasteiger partial charge in [-0.1, -0.05) is 6.42 Å². The molecule has 0 aromatic rings. The minimum absolute atomic E-state index is 0.788. The van der Waals surface area contributed by atoms with Gasteiger partial charge in [-0.2, -0.15) is 0 Å². The zero-order valence-electron chi connectivity index (χ0n) is 14.4. The van der Waals surface area contributed by atoms with Crippen LogP contribution in [-0.2, 0) is 0 Å². The highest BCUT2D eigenvalue weighted by molar-refractivity contribution is 4.91. The summed E-state index contributed by atoms with van der Waals surface area (Å²) in [4.78, 5) is 10.9. The number of nitrogens with zero attached hydrogens (tertiary/aromatic N) is 4. The van der Waals surface area contributed by atoms with Gasteiger partial charge in [0.05, 0.1) is 0 Å². The van der Waals surface area contributed by atoms with Crippen molar-refractivity contribution in [2.45, 2.75) is 56.7 Å². The molecule has 0 aromatic heterocycles. The maximum Gasteiger partial charge on any atom is 0.0233 e. The molecule has 126 valence electrons. The predicted molar refractivity (Wildman–Crippen MR) is 91.3 cm³/mol. The second-order valence-electron chi connectivity index (χ2n) is 8.16. The molecule has 4 saturated heterocycles. The van der Waals surface area contributed by atoms with Gasteiger partial charge in [0, 0.05) is 50.8 Å². The maximum absolute atomic E-state index is 2.79. The number of piperidine rings is 1. The summed E-state index contributed by atoms with van der Waals surface area (Å²) in [7, 11) is 2.37. The Balaban J connectivity index is 1.26. The van der Waals surface area contributed by atoms with Crippen LogP contribution >= 0.6 is 0 Å². The summed E-state index contributed by atoms with van der Waals surface area (Å²) in [5.41, 5.74) is 0. The van der Waals surface area contributed by atoms with E-state index in [0.29, 0.717) is 0 Å². The van der Waals surface area contributed by atoms with Gasteiger partial charge in [0.25, 0.3) is 0 Å². The highest BCUT2D eigenvalue weighted by atomic mass is 15.3. The topological polar surface area (TPSA) is 13.0 Å². The first-order valence-corrected chi connectivity index (χ1v) is 9.70. The number of likely N-dealkylation sites (N-methyl/N-ethyl adjacent to an activating group) is 1. The first-order valence-electron chi connectivity index (χ1n) is 9.70. The first-order chi connectivity index (χ1) is 10.8. The minimum Gasteiger partial charge on any atom is -0.301 e. The van der Waals surface area contributed by atoms with Crippen molar-refractivity contribution >= 4 is 0 Å². The van der Waals surface area contributed by atoms with Gasteiger partial charge in [0.2, 0.25) is 0 Å². The standard InChI is InChI=1S/C18H34N4/c1-19-13-17-5-2-3-8-22(17)15-16(19)7-10-20-11-12-21-9-4-6-18(21)14-20/h16-18H,2-15H2,1H3. The smallest absolute Gasteiger partial charge is 0.0233 e. The van der Waals surface area contributed by atoms with Crippen LogP contribution in [0.5, 0.6) is 0 Å². The van der Waals surface area contributed by atoms with E-state index >= 15 is 0 Å². The Kier molecular flexibility index (Phi) is 4.72. The van der Waals surface area contributed by atoms with Gasteiger partial charge in [-0.15, -0.1) is 0 Å². The van der Waals surface area contributed by atoms with E-state index in [2.05, 4.69) is 26.6 Å². The summed E-state index contributed by atoms with van der Waals surface area (Å²) in [5, 5.41) is 0. The normalized spacial score (nSPS) is 38.9. The van der Waals surface area contributed by atoms with Crippen LogP contribution in [0.2, 0.25) is 0 Å². The summed E-state index contributed by atoms with van der Waals surface area (Å²) in [6.45, 7) is 10.6. The largest absolute Gasteiger partial charge is 0.301 e. The number of piperazine rings is 2. The summed E-state index contributed by atoms with van der Waals surface area (Å²) in [6.07, 6.45) is 8.55. The third-order valence-corrected chi connectivity index (χ3v) is 6.77. The van der Waals surface area contributed by atoms with Crippen LogP contribution < -0.4 is 0 Å². The molecule has 4 aliphatic heterocycles. The fraction of sp³-hybridized carbons (Fsp3) is 1.00. The van der Waals surface area contributed by atoms with E-state index in [1.54, 1.807) is 0 Å². The van der Waals surface area contributed by atoms with Gasteiger partial charge in [0.15, 0.2) is 0 Å². The van der Waals surface area contributed by atoms with Gasteiger partial charge in [-0.3, -0.25) is 9.80 Å². The molecule has 4 heterocycles. The van der Waals surface area contributed by atoms with Gasteiger partial charge in [-0.05, 0) is 58.8 Å². The fourth-order valence-electron chi connectivity index (χ4n) is 5.30. The lowest BCUT2D eigenvalue weighted by Crippen LogP contribution is -2.59. The average Bonchev–Trinajstić information content (AvgIpc) is 3.00. The summed E-state index contributed by atoms with van der Waals surface area (Å²) in [5.74, 6) is 0. The molecule has 4 fully saturated rings. The highest BCUT2D eigenvalue weighted by Gasteiger charge is 2.34. The van der Waals surface area contributed by atoms with Crippen LogP contribution in [0.15, 0.2) is 0 Å². The van der Waals surface area contributed by atoms with Crippen LogP contribution in [0, 0.1) is 0 Å². The van der Waals surface area contributed by atoms with E-state index in [1.165, 1.54) is 90.9 Å². The minimum atomic E-state index is 0.788. The van der Waals surface area contributed by atoms with Crippen molar-refractivity contribution in [2.75, 3.05) is 59.4 Å². The molecule has 0 N–H and O–H groups in total. The number of fused-ring (bicyclic) bond motifs is 2. The Morgan fingerprint density at radius 1 is 0.773 bits per heavy atom. The molecule has 22 heavy (non-hydrogen) atoms. The maximum atomic E-state index is 2.79. The SMILES string of the molecule is CN1CC2CCCCN2CC1CCN1CCN2CCCC2C1. The zero-order valence-corrected chi connectivity index (χ0v) is 14.4. The number of hydrogen-bond acceptors (Lipinski definition) is 4. The Hall–Kier alpha value is -0.160. The van der Waals surface area contributed by atoms with Crippen molar-refractivity contribution in [3.05, 3.63) is 0 Å². The second kappa shape index (κ2) is 6.76. The number of rotatable bonds is 3. The van der Waals surface area contributed by atoms with Crippen molar-refractivity contribution in [3.63, 3.8) is 0 Å². The molecule has 0 radical (unpaired) electrons. The third kappa shape index (κ3) is 3.21. The molecule has 0 aliphatic carbocycles. The zero-order chi connectivity index (χ0) is 14.9. The Labute approximate surface area is 136 Å². The van der Waals surface area contributed by atoms with E-state index in [1.807, 2.05) is 0 Å². The van der Waals surface area contributed by atoms with Crippen LogP contribution in [0.3, 0.4) is 0 Å². The van der Waals surface area contributed by atoms with Gasteiger partial charge >= 0.3 is 0 Å². The lowest BCUT2D eigenvalue weighted by atomic mass is 9.96. The van der Waals surface area contributed by atoms with Crippen molar-refractivity contribution in [1.82, 2.24) is 19.6 Å². The molecule has 3 atom stereocenters. The molecule has 4 aliphatic rings. The van der Waals surface area contributed by atoms with Crippen LogP contribution in [-0.4, -0.2) is 97.1 Å². The fourth-order valence-corrected chi connectivity index (χ4v) is 5.30.